The zero-order chi connectivity index (χ0) is 14.8. The van der Waals surface area contributed by atoms with Crippen LogP contribution in [0.5, 0.6) is 0 Å². The van der Waals surface area contributed by atoms with Gasteiger partial charge in [-0.15, -0.1) is 0 Å². The molecule has 118 valence electrons. The smallest absolute Gasteiger partial charge is 0.320 e. The zero-order valence-corrected chi connectivity index (χ0v) is 12.9. The average Bonchev–Trinajstić information content (AvgIpc) is 2.45. The topological polar surface area (TPSA) is 61.8 Å². The van der Waals surface area contributed by atoms with E-state index >= 15 is 0 Å². The molecule has 0 spiro atoms. The average molecular weight is 286 g/mol. The third-order valence-corrected chi connectivity index (χ3v) is 3.69. The van der Waals surface area contributed by atoms with Crippen molar-refractivity contribution < 1.29 is 14.6 Å². The maximum absolute atomic E-state index is 11.2. The Hall–Kier alpha value is -0.650. The fraction of sp³-hybridized carbons (Fsp3) is 0.933. The van der Waals surface area contributed by atoms with E-state index in [9.17, 15) is 9.90 Å². The SMILES string of the molecule is CCCNC(CCN1CCCC(OCCC)C1)C(=O)O. The van der Waals surface area contributed by atoms with Crippen LogP contribution >= 0.6 is 0 Å². The second kappa shape index (κ2) is 10.1. The highest BCUT2D eigenvalue weighted by Crippen LogP contribution is 2.14. The van der Waals surface area contributed by atoms with Crippen molar-refractivity contribution >= 4 is 5.97 Å². The first-order valence-corrected chi connectivity index (χ1v) is 7.97. The molecule has 5 nitrogen and oxygen atoms in total. The maximum Gasteiger partial charge on any atom is 0.320 e. The van der Waals surface area contributed by atoms with Crippen LogP contribution in [-0.2, 0) is 9.53 Å². The molecule has 0 radical (unpaired) electrons. The van der Waals surface area contributed by atoms with Crippen molar-refractivity contribution in [3.63, 3.8) is 0 Å². The minimum Gasteiger partial charge on any atom is -0.480 e. The van der Waals surface area contributed by atoms with Gasteiger partial charge in [-0.3, -0.25) is 4.79 Å². The van der Waals surface area contributed by atoms with Crippen molar-refractivity contribution in [1.82, 2.24) is 10.2 Å². The predicted molar refractivity (Wildman–Crippen MR) is 80.0 cm³/mol. The molecule has 1 fully saturated rings. The van der Waals surface area contributed by atoms with Crippen LogP contribution in [0.15, 0.2) is 0 Å². The van der Waals surface area contributed by atoms with E-state index in [1.807, 2.05) is 6.92 Å². The predicted octanol–water partition coefficient (Wildman–Crippen LogP) is 1.72. The quantitative estimate of drug-likeness (QED) is 0.640. The fourth-order valence-electron chi connectivity index (χ4n) is 2.58. The first-order chi connectivity index (χ1) is 9.67. The molecule has 1 saturated heterocycles. The lowest BCUT2D eigenvalue weighted by atomic mass is 10.1. The van der Waals surface area contributed by atoms with Crippen molar-refractivity contribution in [2.75, 3.05) is 32.8 Å². The molecule has 1 aliphatic rings. The van der Waals surface area contributed by atoms with E-state index in [0.717, 1.165) is 58.5 Å². The lowest BCUT2D eigenvalue weighted by Crippen LogP contribution is -2.44. The number of likely N-dealkylation sites (tertiary alicyclic amines) is 1. The zero-order valence-electron chi connectivity index (χ0n) is 12.9. The molecule has 1 heterocycles. The highest BCUT2D eigenvalue weighted by molar-refractivity contribution is 5.73. The number of nitrogens with zero attached hydrogens (tertiary/aromatic N) is 1. The molecule has 0 aromatic rings. The minimum atomic E-state index is -0.741. The lowest BCUT2D eigenvalue weighted by Gasteiger charge is -2.33. The molecule has 20 heavy (non-hydrogen) atoms. The van der Waals surface area contributed by atoms with E-state index in [1.165, 1.54) is 0 Å². The summed E-state index contributed by atoms with van der Waals surface area (Å²) in [4.78, 5) is 13.5. The van der Waals surface area contributed by atoms with Crippen molar-refractivity contribution in [3.05, 3.63) is 0 Å². The number of carboxylic acid groups (broad SMARTS) is 1. The Bertz CT molecular complexity index is 274. The van der Waals surface area contributed by atoms with E-state index in [2.05, 4.69) is 17.1 Å². The summed E-state index contributed by atoms with van der Waals surface area (Å²) in [6, 6.07) is -0.424. The molecule has 0 amide bonds. The van der Waals surface area contributed by atoms with E-state index < -0.39 is 12.0 Å². The van der Waals surface area contributed by atoms with Crippen LogP contribution in [-0.4, -0.2) is 60.9 Å². The van der Waals surface area contributed by atoms with Gasteiger partial charge < -0.3 is 20.1 Å². The van der Waals surface area contributed by atoms with E-state index in [0.29, 0.717) is 12.5 Å². The number of hydrogen-bond donors (Lipinski definition) is 2. The van der Waals surface area contributed by atoms with E-state index in [-0.39, 0.29) is 0 Å². The van der Waals surface area contributed by atoms with E-state index in [1.54, 1.807) is 0 Å². The molecular weight excluding hydrogens is 256 g/mol. The van der Waals surface area contributed by atoms with Gasteiger partial charge in [0.25, 0.3) is 0 Å². The molecule has 0 aliphatic carbocycles. The number of nitrogens with one attached hydrogen (secondary N) is 1. The van der Waals surface area contributed by atoms with Crippen LogP contribution in [0.2, 0.25) is 0 Å². The highest BCUT2D eigenvalue weighted by Gasteiger charge is 2.22. The number of rotatable bonds is 10. The summed E-state index contributed by atoms with van der Waals surface area (Å²) >= 11 is 0. The molecule has 5 heteroatoms. The summed E-state index contributed by atoms with van der Waals surface area (Å²) in [5.74, 6) is -0.741. The lowest BCUT2D eigenvalue weighted by molar-refractivity contribution is -0.139. The Labute approximate surface area is 122 Å². The Kier molecular flexibility index (Phi) is 8.82. The minimum absolute atomic E-state index is 0.329. The number of aliphatic carboxylic acids is 1. The first-order valence-electron chi connectivity index (χ1n) is 7.97. The van der Waals surface area contributed by atoms with Gasteiger partial charge in [0.2, 0.25) is 0 Å². The molecule has 2 atom stereocenters. The van der Waals surface area contributed by atoms with Gasteiger partial charge in [0.15, 0.2) is 0 Å². The first kappa shape index (κ1) is 17.4. The molecule has 0 aromatic carbocycles. The Balaban J connectivity index is 2.29. The summed E-state index contributed by atoms with van der Waals surface area (Å²) in [7, 11) is 0. The van der Waals surface area contributed by atoms with Crippen LogP contribution in [0.4, 0.5) is 0 Å². The molecule has 0 saturated carbocycles. The third-order valence-electron chi connectivity index (χ3n) is 3.69. The summed E-state index contributed by atoms with van der Waals surface area (Å²) in [5, 5.41) is 12.3. The van der Waals surface area contributed by atoms with Gasteiger partial charge in [0, 0.05) is 19.7 Å². The molecule has 2 N–H and O–H groups in total. The normalized spacial score (nSPS) is 21.8. The van der Waals surface area contributed by atoms with E-state index in [4.69, 9.17) is 4.74 Å². The molecular formula is C15H30N2O3. The van der Waals surface area contributed by atoms with Crippen LogP contribution in [0.25, 0.3) is 0 Å². The number of carboxylic acids is 1. The largest absolute Gasteiger partial charge is 0.480 e. The molecule has 0 aromatic heterocycles. The van der Waals surface area contributed by atoms with Crippen molar-refractivity contribution in [3.8, 4) is 0 Å². The van der Waals surface area contributed by atoms with Crippen molar-refractivity contribution in [1.29, 1.82) is 0 Å². The van der Waals surface area contributed by atoms with Gasteiger partial charge in [-0.2, -0.15) is 0 Å². The summed E-state index contributed by atoms with van der Waals surface area (Å²) in [6.07, 6.45) is 5.28. The van der Waals surface area contributed by atoms with Gasteiger partial charge in [-0.1, -0.05) is 13.8 Å². The number of carbonyl (C=O) groups is 1. The number of ether oxygens (including phenoxy) is 1. The standard InChI is InChI=1S/C15H30N2O3/c1-3-8-16-14(15(18)19)7-10-17-9-5-6-13(12-17)20-11-4-2/h13-14,16H,3-12H2,1-2H3,(H,18,19). The molecule has 2 unspecified atom stereocenters. The van der Waals surface area contributed by atoms with Gasteiger partial charge in [0.05, 0.1) is 6.10 Å². The maximum atomic E-state index is 11.2. The van der Waals surface area contributed by atoms with Crippen LogP contribution in [0.3, 0.4) is 0 Å². The Morgan fingerprint density at radius 3 is 2.90 bits per heavy atom. The van der Waals surface area contributed by atoms with Crippen molar-refractivity contribution in [2.24, 2.45) is 0 Å². The third kappa shape index (κ3) is 6.68. The number of hydrogen-bond acceptors (Lipinski definition) is 4. The van der Waals surface area contributed by atoms with Crippen LogP contribution < -0.4 is 5.32 Å². The monoisotopic (exact) mass is 286 g/mol. The number of piperidine rings is 1. The Morgan fingerprint density at radius 2 is 2.25 bits per heavy atom. The highest BCUT2D eigenvalue weighted by atomic mass is 16.5. The van der Waals surface area contributed by atoms with Crippen LogP contribution in [0, 0.1) is 0 Å². The van der Waals surface area contributed by atoms with Gasteiger partial charge in [-0.25, -0.2) is 0 Å². The van der Waals surface area contributed by atoms with Gasteiger partial charge in [-0.05, 0) is 45.2 Å². The molecule has 0 bridgehead atoms. The molecule has 1 rings (SSSR count). The second-order valence-corrected chi connectivity index (χ2v) is 5.57. The summed E-state index contributed by atoms with van der Waals surface area (Å²) < 4.78 is 5.81. The Morgan fingerprint density at radius 1 is 1.45 bits per heavy atom. The second-order valence-electron chi connectivity index (χ2n) is 5.57. The van der Waals surface area contributed by atoms with Crippen molar-refractivity contribution in [2.45, 2.75) is 58.1 Å². The van der Waals surface area contributed by atoms with Gasteiger partial charge >= 0.3 is 5.97 Å². The summed E-state index contributed by atoms with van der Waals surface area (Å²) in [5.41, 5.74) is 0. The summed E-state index contributed by atoms with van der Waals surface area (Å²) in [6.45, 7) is 8.60. The fourth-order valence-corrected chi connectivity index (χ4v) is 2.58. The van der Waals surface area contributed by atoms with Crippen LogP contribution in [0.1, 0.15) is 46.0 Å². The molecule has 1 aliphatic heterocycles. The van der Waals surface area contributed by atoms with Gasteiger partial charge in [0.1, 0.15) is 6.04 Å².